The summed E-state index contributed by atoms with van der Waals surface area (Å²) in [4.78, 5) is 21.8. The number of hydrogen-bond donors (Lipinski definition) is 3. The second kappa shape index (κ2) is 7.62. The number of hydrogen-bond acceptors (Lipinski definition) is 3. The number of fused-ring (bicyclic) bond motifs is 1. The molecule has 0 spiro atoms. The lowest BCUT2D eigenvalue weighted by molar-refractivity contribution is -0.0221. The number of rotatable bonds is 3. The van der Waals surface area contributed by atoms with Gasteiger partial charge >= 0.3 is 6.03 Å². The fourth-order valence-corrected chi connectivity index (χ4v) is 3.85. The number of benzene rings is 1. The van der Waals surface area contributed by atoms with E-state index in [1.807, 2.05) is 30.0 Å². The van der Waals surface area contributed by atoms with Gasteiger partial charge in [-0.2, -0.15) is 0 Å². The van der Waals surface area contributed by atoms with Crippen LogP contribution in [0.3, 0.4) is 0 Å². The largest absolute Gasteiger partial charge is 0.359 e. The Labute approximate surface area is 174 Å². The molecule has 1 aliphatic heterocycles. The molecule has 2 amide bonds. The molecule has 0 bridgehead atoms. The van der Waals surface area contributed by atoms with E-state index < -0.39 is 12.0 Å². The Morgan fingerprint density at radius 2 is 2.00 bits per heavy atom. The first kappa shape index (κ1) is 19.6. The molecule has 0 atom stereocenters. The highest BCUT2D eigenvalue weighted by Crippen LogP contribution is 2.31. The van der Waals surface area contributed by atoms with Crippen molar-refractivity contribution in [3.63, 3.8) is 0 Å². The number of amides is 2. The molecule has 3 N–H and O–H groups in total. The Kier molecular flexibility index (Phi) is 5.16. The molecule has 2 aromatic heterocycles. The Balaban J connectivity index is 1.43. The molecule has 0 saturated carbocycles. The molecule has 1 aliphatic rings. The predicted octanol–water partition coefficient (Wildman–Crippen LogP) is 5.51. The van der Waals surface area contributed by atoms with Crippen molar-refractivity contribution in [2.24, 2.45) is 0 Å². The van der Waals surface area contributed by atoms with Gasteiger partial charge in [0.15, 0.2) is 0 Å². The second-order valence-electron chi connectivity index (χ2n) is 7.18. The van der Waals surface area contributed by atoms with Crippen LogP contribution in [0, 0.1) is 6.92 Å². The van der Waals surface area contributed by atoms with Crippen molar-refractivity contribution in [2.75, 3.05) is 28.6 Å². The number of pyridine rings is 1. The third-order valence-electron chi connectivity index (χ3n) is 4.99. The van der Waals surface area contributed by atoms with Crippen molar-refractivity contribution in [3.05, 3.63) is 46.7 Å². The van der Waals surface area contributed by atoms with E-state index >= 15 is 0 Å². The molecule has 3 heterocycles. The minimum absolute atomic E-state index is 0.169. The van der Waals surface area contributed by atoms with E-state index in [0.29, 0.717) is 17.2 Å². The van der Waals surface area contributed by atoms with Gasteiger partial charge < -0.3 is 20.5 Å². The lowest BCUT2D eigenvalue weighted by Crippen LogP contribution is -2.40. The second-order valence-corrected chi connectivity index (χ2v) is 8.09. The van der Waals surface area contributed by atoms with Crippen molar-refractivity contribution in [2.45, 2.75) is 25.7 Å². The number of nitrogens with one attached hydrogen (secondary N) is 3. The Hall–Kier alpha value is -2.68. The smallest absolute Gasteiger partial charge is 0.323 e. The lowest BCUT2D eigenvalue weighted by atomic mass is 10.1. The topological polar surface area (TPSA) is 73.0 Å². The van der Waals surface area contributed by atoms with Crippen LogP contribution in [0.25, 0.3) is 10.9 Å². The summed E-state index contributed by atoms with van der Waals surface area (Å²) in [5, 5.41) is 6.48. The average molecular weight is 464 g/mol. The number of carbonyl (C=O) groups is 1. The monoisotopic (exact) mass is 463 g/mol. The van der Waals surface area contributed by atoms with E-state index in [9.17, 15) is 13.6 Å². The molecule has 1 aromatic carbocycles. The molecular formula is C20H20BrF2N5O. The Morgan fingerprint density at radius 1 is 1.24 bits per heavy atom. The molecule has 9 heteroatoms. The molecular weight excluding hydrogens is 444 g/mol. The molecule has 29 heavy (non-hydrogen) atoms. The molecule has 4 rings (SSSR count). The van der Waals surface area contributed by atoms with Gasteiger partial charge in [-0.25, -0.2) is 18.6 Å². The highest BCUT2D eigenvalue weighted by molar-refractivity contribution is 9.10. The summed E-state index contributed by atoms with van der Waals surface area (Å²) in [5.41, 5.74) is 2.93. The van der Waals surface area contributed by atoms with Crippen molar-refractivity contribution in [1.29, 1.82) is 0 Å². The van der Waals surface area contributed by atoms with Crippen LogP contribution < -0.4 is 15.5 Å². The normalized spacial score (nSPS) is 16.1. The maximum Gasteiger partial charge on any atom is 0.323 e. The lowest BCUT2D eigenvalue weighted by Gasteiger charge is -2.33. The first-order valence-corrected chi connectivity index (χ1v) is 10.0. The van der Waals surface area contributed by atoms with E-state index in [-0.39, 0.29) is 25.9 Å². The van der Waals surface area contributed by atoms with Gasteiger partial charge in [-0.05, 0) is 36.8 Å². The standard InChI is InChI=1S/C20H20BrF2N5O/c1-12-8-14(10-25-18(12)28-6-4-20(22,23)5-7-28)26-19(29)27-17-11-24-16-3-2-13(21)9-15(16)17/h2-3,8-11,24H,4-7H2,1H3,(H2,26,27,29). The fraction of sp³-hybridized carbons (Fsp3) is 0.300. The molecule has 6 nitrogen and oxygen atoms in total. The fourth-order valence-electron chi connectivity index (χ4n) is 3.49. The number of anilines is 3. The highest BCUT2D eigenvalue weighted by Gasteiger charge is 2.34. The summed E-state index contributed by atoms with van der Waals surface area (Å²) < 4.78 is 27.7. The van der Waals surface area contributed by atoms with Crippen LogP contribution in [0.5, 0.6) is 0 Å². The third-order valence-corrected chi connectivity index (χ3v) is 5.49. The summed E-state index contributed by atoms with van der Waals surface area (Å²) in [6.07, 6.45) is 2.93. The minimum atomic E-state index is -2.60. The zero-order chi connectivity index (χ0) is 20.6. The van der Waals surface area contributed by atoms with Crippen LogP contribution in [0.1, 0.15) is 18.4 Å². The van der Waals surface area contributed by atoms with Crippen molar-refractivity contribution in [1.82, 2.24) is 9.97 Å². The number of aromatic nitrogens is 2. The van der Waals surface area contributed by atoms with Crippen molar-refractivity contribution < 1.29 is 13.6 Å². The third kappa shape index (κ3) is 4.34. The number of piperidine rings is 1. The van der Waals surface area contributed by atoms with E-state index in [1.54, 1.807) is 18.5 Å². The molecule has 0 unspecified atom stereocenters. The summed E-state index contributed by atoms with van der Waals surface area (Å²) >= 11 is 3.43. The van der Waals surface area contributed by atoms with E-state index in [1.165, 1.54) is 0 Å². The van der Waals surface area contributed by atoms with Gasteiger partial charge in [0.1, 0.15) is 5.82 Å². The average Bonchev–Trinajstić information content (AvgIpc) is 3.04. The first-order chi connectivity index (χ1) is 13.8. The van der Waals surface area contributed by atoms with Crippen LogP contribution in [0.15, 0.2) is 41.1 Å². The summed E-state index contributed by atoms with van der Waals surface area (Å²) in [6, 6.07) is 7.16. The number of aromatic amines is 1. The Bertz CT molecular complexity index is 1060. The van der Waals surface area contributed by atoms with Crippen LogP contribution in [0.4, 0.5) is 30.8 Å². The van der Waals surface area contributed by atoms with Crippen LogP contribution in [-0.2, 0) is 0 Å². The molecule has 1 saturated heterocycles. The van der Waals surface area contributed by atoms with Gasteiger partial charge in [-0.15, -0.1) is 0 Å². The first-order valence-electron chi connectivity index (χ1n) is 9.25. The summed E-state index contributed by atoms with van der Waals surface area (Å²) in [5.74, 6) is -1.92. The van der Waals surface area contributed by atoms with E-state index in [0.717, 1.165) is 20.9 Å². The summed E-state index contributed by atoms with van der Waals surface area (Å²) in [6.45, 7) is 2.39. The van der Waals surface area contributed by atoms with Gasteiger partial charge in [0.2, 0.25) is 0 Å². The zero-order valence-electron chi connectivity index (χ0n) is 15.7. The molecule has 0 radical (unpaired) electrons. The SMILES string of the molecule is Cc1cc(NC(=O)Nc2c[nH]c3ccc(Br)cc23)cnc1N1CCC(F)(F)CC1. The maximum atomic E-state index is 13.4. The number of urea groups is 1. The van der Waals surface area contributed by atoms with Crippen molar-refractivity contribution >= 4 is 50.1 Å². The minimum Gasteiger partial charge on any atom is -0.359 e. The Morgan fingerprint density at radius 3 is 2.72 bits per heavy atom. The van der Waals surface area contributed by atoms with E-state index in [4.69, 9.17) is 0 Å². The molecule has 152 valence electrons. The molecule has 1 fully saturated rings. The molecule has 0 aliphatic carbocycles. The van der Waals surface area contributed by atoms with Crippen molar-refractivity contribution in [3.8, 4) is 0 Å². The maximum absolute atomic E-state index is 13.4. The zero-order valence-corrected chi connectivity index (χ0v) is 17.3. The number of alkyl halides is 2. The number of aryl methyl sites for hydroxylation is 1. The highest BCUT2D eigenvalue weighted by atomic mass is 79.9. The van der Waals surface area contributed by atoms with E-state index in [2.05, 4.69) is 36.5 Å². The summed E-state index contributed by atoms with van der Waals surface area (Å²) in [7, 11) is 0. The van der Waals surface area contributed by atoms with Gasteiger partial charge in [-0.3, -0.25) is 0 Å². The van der Waals surface area contributed by atoms with Gasteiger partial charge in [0.05, 0.1) is 17.6 Å². The van der Waals surface area contributed by atoms with Gasteiger partial charge in [-0.1, -0.05) is 15.9 Å². The number of H-pyrrole nitrogens is 1. The van der Waals surface area contributed by atoms with Crippen LogP contribution in [-0.4, -0.2) is 35.0 Å². The number of nitrogens with zero attached hydrogens (tertiary/aromatic N) is 2. The van der Waals surface area contributed by atoms with Crippen LogP contribution >= 0.6 is 15.9 Å². The molecule has 3 aromatic rings. The number of halogens is 3. The number of carbonyl (C=O) groups excluding carboxylic acids is 1. The predicted molar refractivity (Wildman–Crippen MR) is 114 cm³/mol. The van der Waals surface area contributed by atoms with Gasteiger partial charge in [0.25, 0.3) is 5.92 Å². The van der Waals surface area contributed by atoms with Gasteiger partial charge in [0, 0.05) is 47.5 Å². The van der Waals surface area contributed by atoms with Crippen LogP contribution in [0.2, 0.25) is 0 Å². The quantitative estimate of drug-likeness (QED) is 0.479.